The maximum Gasteiger partial charge on any atom is 0.124 e. The lowest BCUT2D eigenvalue weighted by molar-refractivity contribution is 0.105. The van der Waals surface area contributed by atoms with Crippen LogP contribution in [0.25, 0.3) is 0 Å². The fourth-order valence-electron chi connectivity index (χ4n) is 1.25. The number of nitrogens with zero attached hydrogens (tertiary/aromatic N) is 2. The zero-order valence-electron chi connectivity index (χ0n) is 7.71. The molecule has 2 rings (SSSR count). The highest BCUT2D eigenvalue weighted by atomic mass is 32.1. The average molecular weight is 206 g/mol. The van der Waals surface area contributed by atoms with Gasteiger partial charge in [0.2, 0.25) is 0 Å². The van der Waals surface area contributed by atoms with Crippen molar-refractivity contribution in [1.82, 2.24) is 9.97 Å². The van der Waals surface area contributed by atoms with Crippen molar-refractivity contribution in [2.75, 3.05) is 0 Å². The fourth-order valence-corrected chi connectivity index (χ4v) is 2.06. The molecule has 0 fully saturated rings. The van der Waals surface area contributed by atoms with Crippen molar-refractivity contribution in [1.29, 1.82) is 0 Å². The minimum Gasteiger partial charge on any atom is -0.380 e. The molecule has 1 unspecified atom stereocenters. The Morgan fingerprint density at radius 2 is 2.07 bits per heavy atom. The van der Waals surface area contributed by atoms with E-state index >= 15 is 0 Å². The molecule has 1 atom stereocenters. The molecule has 0 saturated carbocycles. The zero-order valence-corrected chi connectivity index (χ0v) is 8.53. The van der Waals surface area contributed by atoms with Crippen molar-refractivity contribution < 1.29 is 5.11 Å². The number of aliphatic hydroxyl groups is 1. The molecule has 2 aromatic heterocycles. The van der Waals surface area contributed by atoms with Crippen LogP contribution in [0, 0.1) is 0 Å². The van der Waals surface area contributed by atoms with Gasteiger partial charge in [0.05, 0.1) is 0 Å². The Hall–Kier alpha value is -1.26. The van der Waals surface area contributed by atoms with Crippen molar-refractivity contribution in [3.8, 4) is 0 Å². The van der Waals surface area contributed by atoms with E-state index in [0.717, 1.165) is 4.88 Å². The summed E-state index contributed by atoms with van der Waals surface area (Å²) in [6, 6.07) is 3.82. The van der Waals surface area contributed by atoms with Gasteiger partial charge in [0.25, 0.3) is 0 Å². The second kappa shape index (κ2) is 3.48. The van der Waals surface area contributed by atoms with E-state index < -0.39 is 5.60 Å². The summed E-state index contributed by atoms with van der Waals surface area (Å²) < 4.78 is 0. The van der Waals surface area contributed by atoms with Gasteiger partial charge < -0.3 is 5.11 Å². The van der Waals surface area contributed by atoms with Gasteiger partial charge in [-0.05, 0) is 18.4 Å². The molecule has 0 aromatic carbocycles. The van der Waals surface area contributed by atoms with Crippen molar-refractivity contribution in [3.05, 3.63) is 46.7 Å². The summed E-state index contributed by atoms with van der Waals surface area (Å²) >= 11 is 1.52. The van der Waals surface area contributed by atoms with Gasteiger partial charge in [-0.15, -0.1) is 11.3 Å². The van der Waals surface area contributed by atoms with Gasteiger partial charge in [0.1, 0.15) is 11.9 Å². The molecule has 0 saturated heterocycles. The van der Waals surface area contributed by atoms with Crippen LogP contribution in [0.1, 0.15) is 17.4 Å². The smallest absolute Gasteiger partial charge is 0.124 e. The van der Waals surface area contributed by atoms with Crippen LogP contribution >= 0.6 is 11.3 Å². The van der Waals surface area contributed by atoms with Crippen molar-refractivity contribution >= 4 is 11.3 Å². The SMILES string of the molecule is CC(O)(c1cncnc1)c1cccs1. The van der Waals surface area contributed by atoms with Gasteiger partial charge in [-0.25, -0.2) is 9.97 Å². The molecule has 0 aliphatic carbocycles. The largest absolute Gasteiger partial charge is 0.380 e. The Kier molecular flexibility index (Phi) is 2.31. The topological polar surface area (TPSA) is 46.0 Å². The maximum absolute atomic E-state index is 10.3. The molecule has 0 radical (unpaired) electrons. The quantitative estimate of drug-likeness (QED) is 0.814. The van der Waals surface area contributed by atoms with Crippen LogP contribution in [0.5, 0.6) is 0 Å². The summed E-state index contributed by atoms with van der Waals surface area (Å²) in [6.07, 6.45) is 4.72. The third-order valence-electron chi connectivity index (χ3n) is 2.12. The summed E-state index contributed by atoms with van der Waals surface area (Å²) in [5.41, 5.74) is -0.280. The number of aromatic nitrogens is 2. The van der Waals surface area contributed by atoms with Crippen LogP contribution in [0.4, 0.5) is 0 Å². The Morgan fingerprint density at radius 3 is 2.64 bits per heavy atom. The highest BCUT2D eigenvalue weighted by molar-refractivity contribution is 7.10. The minimum atomic E-state index is -0.991. The summed E-state index contributed by atoms with van der Waals surface area (Å²) in [6.45, 7) is 1.75. The number of rotatable bonds is 2. The summed E-state index contributed by atoms with van der Waals surface area (Å²) in [5.74, 6) is 0. The predicted molar refractivity (Wildman–Crippen MR) is 55.0 cm³/mol. The average Bonchev–Trinajstić information content (AvgIpc) is 2.72. The van der Waals surface area contributed by atoms with E-state index in [4.69, 9.17) is 0 Å². The number of hydrogen-bond acceptors (Lipinski definition) is 4. The van der Waals surface area contributed by atoms with Gasteiger partial charge in [-0.1, -0.05) is 6.07 Å². The molecule has 0 aliphatic heterocycles. The monoisotopic (exact) mass is 206 g/mol. The summed E-state index contributed by atoms with van der Waals surface area (Å²) in [5, 5.41) is 12.2. The Labute approximate surface area is 86.1 Å². The minimum absolute atomic E-state index is 0.711. The first-order valence-corrected chi connectivity index (χ1v) is 5.11. The molecule has 1 N–H and O–H groups in total. The molecular weight excluding hydrogens is 196 g/mol. The van der Waals surface area contributed by atoms with Crippen molar-refractivity contribution in [3.63, 3.8) is 0 Å². The van der Waals surface area contributed by atoms with Crippen LogP contribution in [0.3, 0.4) is 0 Å². The predicted octanol–water partition coefficient (Wildman–Crippen LogP) is 1.79. The second-order valence-corrected chi connectivity index (χ2v) is 4.12. The van der Waals surface area contributed by atoms with E-state index in [1.54, 1.807) is 19.3 Å². The van der Waals surface area contributed by atoms with Gasteiger partial charge in [-0.3, -0.25) is 0 Å². The van der Waals surface area contributed by atoms with Crippen LogP contribution in [0.2, 0.25) is 0 Å². The molecular formula is C10H10N2OS. The first kappa shape index (κ1) is 9.30. The first-order chi connectivity index (χ1) is 6.71. The first-order valence-electron chi connectivity index (χ1n) is 4.23. The Morgan fingerprint density at radius 1 is 1.36 bits per heavy atom. The van der Waals surface area contributed by atoms with Crippen LogP contribution in [-0.4, -0.2) is 15.1 Å². The van der Waals surface area contributed by atoms with Crippen LogP contribution in [-0.2, 0) is 5.60 Å². The lowest BCUT2D eigenvalue weighted by atomic mass is 9.97. The molecule has 14 heavy (non-hydrogen) atoms. The van der Waals surface area contributed by atoms with Crippen molar-refractivity contribution in [2.45, 2.75) is 12.5 Å². The summed E-state index contributed by atoms with van der Waals surface area (Å²) in [4.78, 5) is 8.68. The summed E-state index contributed by atoms with van der Waals surface area (Å²) in [7, 11) is 0. The molecule has 3 nitrogen and oxygen atoms in total. The third kappa shape index (κ3) is 1.54. The van der Waals surface area contributed by atoms with Gasteiger partial charge in [0.15, 0.2) is 0 Å². The highest BCUT2D eigenvalue weighted by Crippen LogP contribution is 2.30. The number of hydrogen-bond donors (Lipinski definition) is 1. The maximum atomic E-state index is 10.3. The third-order valence-corrected chi connectivity index (χ3v) is 3.20. The van der Waals surface area contributed by atoms with Crippen LogP contribution < -0.4 is 0 Å². The van der Waals surface area contributed by atoms with E-state index in [2.05, 4.69) is 9.97 Å². The van der Waals surface area contributed by atoms with Gasteiger partial charge in [-0.2, -0.15) is 0 Å². The normalized spacial score (nSPS) is 15.0. The van der Waals surface area contributed by atoms with E-state index in [9.17, 15) is 5.11 Å². The van der Waals surface area contributed by atoms with E-state index in [0.29, 0.717) is 5.56 Å². The lowest BCUT2D eigenvalue weighted by Crippen LogP contribution is -2.21. The zero-order chi connectivity index (χ0) is 10.0. The molecule has 0 bridgehead atoms. The van der Waals surface area contributed by atoms with Crippen LogP contribution in [0.15, 0.2) is 36.2 Å². The fraction of sp³-hybridized carbons (Fsp3) is 0.200. The molecule has 0 aliphatic rings. The molecule has 0 amide bonds. The molecule has 0 spiro atoms. The second-order valence-electron chi connectivity index (χ2n) is 3.18. The Balaban J connectivity index is 2.43. The van der Waals surface area contributed by atoms with Gasteiger partial charge in [0, 0.05) is 22.8 Å². The lowest BCUT2D eigenvalue weighted by Gasteiger charge is -2.21. The molecule has 2 aromatic rings. The molecule has 2 heterocycles. The number of thiophene rings is 1. The van der Waals surface area contributed by atoms with E-state index in [1.165, 1.54) is 17.7 Å². The van der Waals surface area contributed by atoms with E-state index in [1.807, 2.05) is 17.5 Å². The standard InChI is InChI=1S/C10H10N2OS/c1-10(13,9-3-2-4-14-9)8-5-11-7-12-6-8/h2-7,13H,1H3. The Bertz CT molecular complexity index is 397. The van der Waals surface area contributed by atoms with E-state index in [-0.39, 0.29) is 0 Å². The highest BCUT2D eigenvalue weighted by Gasteiger charge is 2.26. The van der Waals surface area contributed by atoms with Crippen molar-refractivity contribution in [2.24, 2.45) is 0 Å². The molecule has 4 heteroatoms. The molecule has 72 valence electrons. The van der Waals surface area contributed by atoms with Gasteiger partial charge >= 0.3 is 0 Å².